The Kier molecular flexibility index (Phi) is 3.99. The van der Waals surface area contributed by atoms with Crippen LogP contribution in [0.3, 0.4) is 0 Å². The third-order valence-electron chi connectivity index (χ3n) is 4.06. The smallest absolute Gasteiger partial charge is 0.216 e. The van der Waals surface area contributed by atoms with Crippen molar-refractivity contribution in [3.05, 3.63) is 71.3 Å². The lowest BCUT2D eigenvalue weighted by molar-refractivity contribution is -0.741. The van der Waals surface area contributed by atoms with Crippen LogP contribution in [0, 0.1) is 11.3 Å². The van der Waals surface area contributed by atoms with Crippen LogP contribution in [0.2, 0.25) is 0 Å². The zero-order valence-electron chi connectivity index (χ0n) is 12.5. The SMILES string of the molecule is C[C@]1(O)NC([S-])=C(C#N)[C@H](c2ccncc2)C1[n+]1ccccc1. The van der Waals surface area contributed by atoms with Crippen molar-refractivity contribution >= 4 is 12.6 Å². The third-order valence-corrected chi connectivity index (χ3v) is 4.38. The fourth-order valence-corrected chi connectivity index (χ4v) is 3.47. The molecule has 0 bridgehead atoms. The summed E-state index contributed by atoms with van der Waals surface area (Å²) in [7, 11) is 0. The van der Waals surface area contributed by atoms with Gasteiger partial charge in [-0.05, 0) is 24.6 Å². The highest BCUT2D eigenvalue weighted by Gasteiger charge is 2.50. The van der Waals surface area contributed by atoms with Crippen molar-refractivity contribution in [3.63, 3.8) is 0 Å². The second kappa shape index (κ2) is 5.95. The van der Waals surface area contributed by atoms with Gasteiger partial charge in [-0.15, -0.1) is 0 Å². The molecular formula is C17H16N4OS. The second-order valence-corrected chi connectivity index (χ2v) is 6.06. The van der Waals surface area contributed by atoms with E-state index in [4.69, 9.17) is 12.6 Å². The van der Waals surface area contributed by atoms with Crippen LogP contribution in [0.4, 0.5) is 0 Å². The molecule has 0 amide bonds. The van der Waals surface area contributed by atoms with E-state index in [1.807, 2.05) is 47.3 Å². The zero-order chi connectivity index (χ0) is 16.4. The van der Waals surface area contributed by atoms with E-state index in [-0.39, 0.29) is 10.9 Å². The van der Waals surface area contributed by atoms with Crippen LogP contribution in [0.15, 0.2) is 65.7 Å². The number of pyridine rings is 2. The lowest BCUT2D eigenvalue weighted by Gasteiger charge is -2.43. The molecule has 6 heteroatoms. The molecule has 2 aromatic rings. The van der Waals surface area contributed by atoms with Gasteiger partial charge in [-0.25, -0.2) is 0 Å². The molecule has 3 heterocycles. The molecule has 0 fully saturated rings. The summed E-state index contributed by atoms with van der Waals surface area (Å²) in [6, 6.07) is 11.2. The van der Waals surface area contributed by atoms with Gasteiger partial charge in [-0.3, -0.25) is 4.98 Å². The van der Waals surface area contributed by atoms with Gasteiger partial charge in [-0.1, -0.05) is 11.1 Å². The normalized spacial score (nSPS) is 27.2. The molecular weight excluding hydrogens is 308 g/mol. The maximum atomic E-state index is 10.9. The zero-order valence-corrected chi connectivity index (χ0v) is 13.4. The van der Waals surface area contributed by atoms with Crippen molar-refractivity contribution in [2.24, 2.45) is 0 Å². The van der Waals surface area contributed by atoms with Gasteiger partial charge in [0.05, 0.1) is 12.0 Å². The van der Waals surface area contributed by atoms with Gasteiger partial charge in [0.2, 0.25) is 6.04 Å². The molecule has 1 aliphatic heterocycles. The Morgan fingerprint density at radius 2 is 1.96 bits per heavy atom. The molecule has 3 atom stereocenters. The number of nitrogens with zero attached hydrogens (tertiary/aromatic N) is 3. The van der Waals surface area contributed by atoms with E-state index in [1.165, 1.54) is 0 Å². The summed E-state index contributed by atoms with van der Waals surface area (Å²) in [5.41, 5.74) is 0.0401. The summed E-state index contributed by atoms with van der Waals surface area (Å²) in [4.78, 5) is 4.03. The Morgan fingerprint density at radius 1 is 1.30 bits per heavy atom. The van der Waals surface area contributed by atoms with Crippen LogP contribution in [-0.2, 0) is 12.6 Å². The van der Waals surface area contributed by atoms with Crippen molar-refractivity contribution in [1.29, 1.82) is 5.26 Å². The summed E-state index contributed by atoms with van der Waals surface area (Å²) in [5, 5.41) is 23.7. The first-order valence-corrected chi connectivity index (χ1v) is 7.63. The predicted octanol–water partition coefficient (Wildman–Crippen LogP) is 1.29. The highest BCUT2D eigenvalue weighted by molar-refractivity contribution is 7.63. The Hall–Kier alpha value is -2.49. The van der Waals surface area contributed by atoms with Gasteiger partial charge < -0.3 is 23.1 Å². The number of nitrogens with one attached hydrogen (secondary N) is 1. The van der Waals surface area contributed by atoms with Gasteiger partial charge in [0.15, 0.2) is 18.1 Å². The number of aliphatic hydroxyl groups is 1. The minimum Gasteiger partial charge on any atom is -0.762 e. The average Bonchev–Trinajstić information content (AvgIpc) is 2.55. The predicted molar refractivity (Wildman–Crippen MR) is 86.4 cm³/mol. The summed E-state index contributed by atoms with van der Waals surface area (Å²) < 4.78 is 1.90. The molecule has 0 aliphatic carbocycles. The topological polar surface area (TPSA) is 72.8 Å². The number of allylic oxidation sites excluding steroid dienone is 1. The monoisotopic (exact) mass is 324 g/mol. The molecule has 0 aromatic carbocycles. The van der Waals surface area contributed by atoms with Gasteiger partial charge in [-0.2, -0.15) is 9.83 Å². The molecule has 1 aliphatic rings. The largest absolute Gasteiger partial charge is 0.762 e. The van der Waals surface area contributed by atoms with Crippen LogP contribution in [0.1, 0.15) is 24.4 Å². The number of hydrogen-bond donors (Lipinski definition) is 2. The van der Waals surface area contributed by atoms with E-state index >= 15 is 0 Å². The molecule has 3 rings (SSSR count). The molecule has 116 valence electrons. The average molecular weight is 324 g/mol. The highest BCUT2D eigenvalue weighted by atomic mass is 32.1. The standard InChI is InChI=1S/C17H16N4OS/c1-17(22)15(21-9-3-2-4-10-21)14(12-5-7-19-8-6-12)13(11-18)16(23)20-17/h2-10,14-15,20,22H,1H3/t14-,15?,17+/m0/s1. The lowest BCUT2D eigenvalue weighted by Crippen LogP contribution is -2.63. The Labute approximate surface area is 140 Å². The van der Waals surface area contributed by atoms with E-state index < -0.39 is 11.8 Å². The van der Waals surface area contributed by atoms with Crippen molar-refractivity contribution in [1.82, 2.24) is 10.3 Å². The molecule has 2 aromatic heterocycles. The number of hydrogen-bond acceptors (Lipinski definition) is 5. The van der Waals surface area contributed by atoms with Crippen molar-refractivity contribution in [2.75, 3.05) is 0 Å². The highest BCUT2D eigenvalue weighted by Crippen LogP contribution is 2.41. The molecule has 0 saturated heterocycles. The van der Waals surface area contributed by atoms with Crippen LogP contribution >= 0.6 is 0 Å². The molecule has 0 spiro atoms. The first kappa shape index (κ1) is 15.4. The Morgan fingerprint density at radius 3 is 2.57 bits per heavy atom. The maximum absolute atomic E-state index is 10.9. The van der Waals surface area contributed by atoms with E-state index in [0.29, 0.717) is 5.57 Å². The van der Waals surface area contributed by atoms with E-state index in [2.05, 4.69) is 16.4 Å². The molecule has 0 saturated carbocycles. The van der Waals surface area contributed by atoms with Crippen LogP contribution in [0.25, 0.3) is 0 Å². The van der Waals surface area contributed by atoms with Gasteiger partial charge in [0, 0.05) is 30.1 Å². The van der Waals surface area contributed by atoms with Gasteiger partial charge in [0.1, 0.15) is 0 Å². The van der Waals surface area contributed by atoms with Crippen molar-refractivity contribution < 1.29 is 9.67 Å². The minimum absolute atomic E-state index is 0.284. The van der Waals surface area contributed by atoms with Crippen LogP contribution in [-0.4, -0.2) is 15.8 Å². The Balaban J connectivity index is 2.23. The van der Waals surface area contributed by atoms with Gasteiger partial charge in [0.25, 0.3) is 0 Å². The van der Waals surface area contributed by atoms with E-state index in [9.17, 15) is 10.4 Å². The molecule has 23 heavy (non-hydrogen) atoms. The Bertz CT molecular complexity index is 768. The van der Waals surface area contributed by atoms with E-state index in [1.54, 1.807) is 19.3 Å². The van der Waals surface area contributed by atoms with Crippen LogP contribution in [0.5, 0.6) is 0 Å². The summed E-state index contributed by atoms with van der Waals surface area (Å²) in [5.74, 6) is -0.362. The number of rotatable bonds is 2. The van der Waals surface area contributed by atoms with E-state index in [0.717, 1.165) is 5.56 Å². The van der Waals surface area contributed by atoms with Gasteiger partial charge >= 0.3 is 0 Å². The van der Waals surface area contributed by atoms with Crippen LogP contribution < -0.4 is 9.88 Å². The molecule has 2 N–H and O–H groups in total. The maximum Gasteiger partial charge on any atom is 0.216 e. The van der Waals surface area contributed by atoms with Crippen molar-refractivity contribution in [3.8, 4) is 6.07 Å². The first-order valence-electron chi connectivity index (χ1n) is 7.22. The summed E-state index contributed by atoms with van der Waals surface area (Å²) in [6.07, 6.45) is 7.10. The summed E-state index contributed by atoms with van der Waals surface area (Å²) >= 11 is 5.30. The second-order valence-electron chi connectivity index (χ2n) is 5.65. The summed E-state index contributed by atoms with van der Waals surface area (Å²) in [6.45, 7) is 1.67. The van der Waals surface area contributed by atoms with Crippen molar-refractivity contribution in [2.45, 2.75) is 24.6 Å². The molecule has 0 radical (unpaired) electrons. The lowest BCUT2D eigenvalue weighted by atomic mass is 9.78. The number of nitriles is 1. The quantitative estimate of drug-likeness (QED) is 0.643. The fraction of sp³-hybridized carbons (Fsp3) is 0.235. The third kappa shape index (κ3) is 2.77. The fourth-order valence-electron chi connectivity index (χ4n) is 3.09. The minimum atomic E-state index is -1.29. The molecule has 5 nitrogen and oxygen atoms in total. The number of aromatic nitrogens is 2. The first-order chi connectivity index (χ1) is 11.0. The molecule has 1 unspecified atom stereocenters.